The second-order valence-electron chi connectivity index (χ2n) is 6.49. The maximum absolute atomic E-state index is 5.48. The Hall–Kier alpha value is -4.20. The third kappa shape index (κ3) is 15.6. The van der Waals surface area contributed by atoms with Crippen molar-refractivity contribution in [2.75, 3.05) is 52.9 Å². The van der Waals surface area contributed by atoms with Gasteiger partial charge in [0.1, 0.15) is 75.9 Å². The van der Waals surface area contributed by atoms with Crippen LogP contribution in [0.15, 0.2) is 99.9 Å². The molecule has 0 heterocycles. The van der Waals surface area contributed by atoms with Gasteiger partial charge in [-0.15, -0.1) is 0 Å². The Morgan fingerprint density at radius 3 is 1.03 bits per heavy atom. The summed E-state index contributed by atoms with van der Waals surface area (Å²) in [7, 11) is 0. The molecule has 0 aromatic heterocycles. The van der Waals surface area contributed by atoms with E-state index in [-0.39, 0.29) is 0 Å². The Bertz CT molecular complexity index is 785. The molecule has 0 saturated heterocycles. The van der Waals surface area contributed by atoms with Gasteiger partial charge in [0.25, 0.3) is 0 Å². The first-order chi connectivity index (χ1) is 17.7. The van der Waals surface area contributed by atoms with Crippen molar-refractivity contribution < 1.29 is 37.9 Å². The third-order valence-electron chi connectivity index (χ3n) is 3.98. The average Bonchev–Trinajstić information content (AvgIpc) is 2.91. The van der Waals surface area contributed by atoms with Gasteiger partial charge >= 0.3 is 0 Å². The van der Waals surface area contributed by atoms with Crippen LogP contribution in [0.3, 0.4) is 0 Å². The quantitative estimate of drug-likeness (QED) is 0.174. The highest BCUT2D eigenvalue weighted by molar-refractivity contribution is 5.33. The first-order valence-corrected chi connectivity index (χ1v) is 11.3. The Balaban J connectivity index is 0.000000360. The second kappa shape index (κ2) is 21.3. The van der Waals surface area contributed by atoms with Gasteiger partial charge in [0.05, 0.1) is 25.0 Å². The van der Waals surface area contributed by atoms with Crippen molar-refractivity contribution in [2.45, 2.75) is 0 Å². The van der Waals surface area contributed by atoms with Crippen LogP contribution in [0.25, 0.3) is 0 Å². The van der Waals surface area contributed by atoms with Gasteiger partial charge in [0.15, 0.2) is 0 Å². The lowest BCUT2D eigenvalue weighted by Crippen LogP contribution is -2.05. The molecular formula is C28H36O8. The zero-order valence-corrected chi connectivity index (χ0v) is 20.7. The summed E-state index contributed by atoms with van der Waals surface area (Å²) in [5.74, 6) is 3.03. The smallest absolute Gasteiger partial charge is 0.123 e. The van der Waals surface area contributed by atoms with Crippen LogP contribution >= 0.6 is 0 Å². The number of rotatable bonds is 20. The van der Waals surface area contributed by atoms with E-state index in [9.17, 15) is 0 Å². The minimum absolute atomic E-state index is 0.467. The zero-order chi connectivity index (χ0) is 26.1. The Labute approximate surface area is 213 Å². The fraction of sp³-hybridized carbons (Fsp3) is 0.286. The van der Waals surface area contributed by atoms with Crippen LogP contribution in [0.2, 0.25) is 0 Å². The molecule has 2 aromatic carbocycles. The fourth-order valence-electron chi connectivity index (χ4n) is 2.45. The normalized spacial score (nSPS) is 9.33. The molecule has 0 fully saturated rings. The number of ether oxygens (including phenoxy) is 8. The average molecular weight is 501 g/mol. The zero-order valence-electron chi connectivity index (χ0n) is 20.7. The van der Waals surface area contributed by atoms with E-state index in [1.165, 1.54) is 25.0 Å². The third-order valence-corrected chi connectivity index (χ3v) is 3.98. The Kier molecular flexibility index (Phi) is 17.7. The molecule has 8 nitrogen and oxygen atoms in total. The van der Waals surface area contributed by atoms with E-state index in [4.69, 9.17) is 37.9 Å². The molecular weight excluding hydrogens is 464 g/mol. The van der Waals surface area contributed by atoms with E-state index in [0.29, 0.717) is 52.9 Å². The lowest BCUT2D eigenvalue weighted by atomic mass is 10.3. The number of hydrogen-bond donors (Lipinski definition) is 0. The maximum atomic E-state index is 5.48. The van der Waals surface area contributed by atoms with Crippen molar-refractivity contribution in [3.8, 4) is 23.0 Å². The van der Waals surface area contributed by atoms with Crippen molar-refractivity contribution in [3.63, 3.8) is 0 Å². The van der Waals surface area contributed by atoms with Gasteiger partial charge in [-0.05, 0) is 36.4 Å². The lowest BCUT2D eigenvalue weighted by molar-refractivity contribution is 0.174. The van der Waals surface area contributed by atoms with E-state index in [1.54, 1.807) is 0 Å². The highest BCUT2D eigenvalue weighted by Gasteiger charge is 1.98. The molecule has 2 aromatic rings. The molecule has 196 valence electrons. The molecule has 0 saturated carbocycles. The highest BCUT2D eigenvalue weighted by Crippen LogP contribution is 2.19. The molecule has 2 rings (SSSR count). The van der Waals surface area contributed by atoms with Crippen LogP contribution in [0.1, 0.15) is 0 Å². The van der Waals surface area contributed by atoms with Crippen molar-refractivity contribution in [1.29, 1.82) is 0 Å². The summed E-state index contributed by atoms with van der Waals surface area (Å²) in [6, 6.07) is 14.8. The topological polar surface area (TPSA) is 73.8 Å². The van der Waals surface area contributed by atoms with Gasteiger partial charge in [0.2, 0.25) is 0 Å². The molecule has 0 spiro atoms. The maximum Gasteiger partial charge on any atom is 0.123 e. The van der Waals surface area contributed by atoms with Gasteiger partial charge in [-0.2, -0.15) is 0 Å². The van der Waals surface area contributed by atoms with E-state index in [1.807, 2.05) is 48.5 Å². The molecule has 0 N–H and O–H groups in total. The standard InChI is InChI=1S/2C14H18O4/c1-3-15-9-11-17-13-5-7-14(8-6-13)18-12-10-16-4-2;1-3-15-8-10-17-13-6-5-7-14(12-13)18-11-9-16-4-2/h3-8H,1-2,9-12H2;3-7,12H,1-2,8-11H2. The van der Waals surface area contributed by atoms with Gasteiger partial charge in [-0.3, -0.25) is 0 Å². The molecule has 0 aliphatic carbocycles. The second-order valence-corrected chi connectivity index (χ2v) is 6.49. The summed E-state index contributed by atoms with van der Waals surface area (Å²) in [6.45, 7) is 17.6. The first kappa shape index (κ1) is 29.8. The number of hydrogen-bond acceptors (Lipinski definition) is 8. The summed E-state index contributed by atoms with van der Waals surface area (Å²) in [6.07, 6.45) is 5.57. The molecule has 8 heteroatoms. The van der Waals surface area contributed by atoms with Gasteiger partial charge < -0.3 is 37.9 Å². The van der Waals surface area contributed by atoms with Gasteiger partial charge in [-0.25, -0.2) is 0 Å². The molecule has 0 unspecified atom stereocenters. The predicted molar refractivity (Wildman–Crippen MR) is 139 cm³/mol. The summed E-state index contributed by atoms with van der Waals surface area (Å²) in [4.78, 5) is 0. The van der Waals surface area contributed by atoms with Crippen molar-refractivity contribution in [3.05, 3.63) is 99.9 Å². The molecule has 0 aliphatic rings. The summed E-state index contributed by atoms with van der Waals surface area (Å²) >= 11 is 0. The van der Waals surface area contributed by atoms with Gasteiger partial charge in [-0.1, -0.05) is 32.4 Å². The molecule has 0 bridgehead atoms. The van der Waals surface area contributed by atoms with Crippen molar-refractivity contribution >= 4 is 0 Å². The predicted octanol–water partition coefficient (Wildman–Crippen LogP) is 5.53. The monoisotopic (exact) mass is 500 g/mol. The van der Waals surface area contributed by atoms with Crippen LogP contribution in [0.5, 0.6) is 23.0 Å². The minimum atomic E-state index is 0.467. The molecule has 0 radical (unpaired) electrons. The molecule has 0 aliphatic heterocycles. The summed E-state index contributed by atoms with van der Waals surface area (Å²) < 4.78 is 41.6. The van der Waals surface area contributed by atoms with E-state index >= 15 is 0 Å². The van der Waals surface area contributed by atoms with Crippen LogP contribution in [0, 0.1) is 0 Å². The number of benzene rings is 2. The Morgan fingerprint density at radius 2 is 0.722 bits per heavy atom. The van der Waals surface area contributed by atoms with Gasteiger partial charge in [0, 0.05) is 6.07 Å². The van der Waals surface area contributed by atoms with Crippen LogP contribution in [-0.4, -0.2) is 52.9 Å². The van der Waals surface area contributed by atoms with Crippen LogP contribution in [0.4, 0.5) is 0 Å². The van der Waals surface area contributed by atoms with E-state index in [0.717, 1.165) is 23.0 Å². The fourth-order valence-corrected chi connectivity index (χ4v) is 2.45. The highest BCUT2D eigenvalue weighted by atomic mass is 16.5. The van der Waals surface area contributed by atoms with Crippen molar-refractivity contribution in [2.24, 2.45) is 0 Å². The van der Waals surface area contributed by atoms with E-state index < -0.39 is 0 Å². The minimum Gasteiger partial charge on any atom is -0.498 e. The van der Waals surface area contributed by atoms with Crippen molar-refractivity contribution in [1.82, 2.24) is 0 Å². The summed E-state index contributed by atoms with van der Waals surface area (Å²) in [5, 5.41) is 0. The van der Waals surface area contributed by atoms with E-state index in [2.05, 4.69) is 26.3 Å². The molecule has 0 amide bonds. The van der Waals surface area contributed by atoms with Crippen LogP contribution < -0.4 is 18.9 Å². The summed E-state index contributed by atoms with van der Waals surface area (Å²) in [5.41, 5.74) is 0. The lowest BCUT2D eigenvalue weighted by Gasteiger charge is -2.09. The first-order valence-electron chi connectivity index (χ1n) is 11.3. The van der Waals surface area contributed by atoms with Crippen LogP contribution in [-0.2, 0) is 18.9 Å². The SMILES string of the molecule is C=COCCOc1ccc(OCCOC=C)cc1.C=COCCOc1cccc(OCCOC=C)c1. The Morgan fingerprint density at radius 1 is 0.417 bits per heavy atom. The molecule has 0 atom stereocenters. The molecule has 36 heavy (non-hydrogen) atoms. The largest absolute Gasteiger partial charge is 0.498 e.